The van der Waals surface area contributed by atoms with Gasteiger partial charge in [-0.15, -0.1) is 0 Å². The van der Waals surface area contributed by atoms with Crippen LogP contribution in [0.5, 0.6) is 0 Å². The van der Waals surface area contributed by atoms with Crippen molar-refractivity contribution in [2.75, 3.05) is 0 Å². The van der Waals surface area contributed by atoms with E-state index in [4.69, 9.17) is 0 Å². The van der Waals surface area contributed by atoms with E-state index in [2.05, 4.69) is 4.98 Å². The number of rotatable bonds is 2. The molecule has 2 aromatic rings. The molecule has 0 aliphatic carbocycles. The Balaban J connectivity index is 2.68. The average molecular weight is 191 g/mol. The minimum Gasteiger partial charge on any atom is -0.548 e. The number of hydrogen-bond acceptors (Lipinski definition) is 3. The van der Waals surface area contributed by atoms with Crippen LogP contribution in [0, 0.1) is 0 Å². The van der Waals surface area contributed by atoms with Crippen LogP contribution >= 0.6 is 0 Å². The highest BCUT2D eigenvalue weighted by Gasteiger charge is 2.04. The van der Waals surface area contributed by atoms with Crippen LogP contribution in [-0.4, -0.2) is 15.5 Å². The smallest absolute Gasteiger partial charge is 0.326 e. The van der Waals surface area contributed by atoms with Gasteiger partial charge in [0.05, 0.1) is 23.5 Å². The molecular formula is C9H7N2O3-. The highest BCUT2D eigenvalue weighted by Crippen LogP contribution is 2.07. The number of imidazole rings is 1. The molecule has 0 atom stereocenters. The van der Waals surface area contributed by atoms with Crippen LogP contribution in [0.25, 0.3) is 11.0 Å². The summed E-state index contributed by atoms with van der Waals surface area (Å²) in [5.74, 6) is -1.28. The Kier molecular flexibility index (Phi) is 1.85. The van der Waals surface area contributed by atoms with Gasteiger partial charge in [-0.1, -0.05) is 12.1 Å². The highest BCUT2D eigenvalue weighted by molar-refractivity contribution is 5.76. The lowest BCUT2D eigenvalue weighted by atomic mass is 10.3. The number of aromatic nitrogens is 2. The van der Waals surface area contributed by atoms with Crippen LogP contribution in [0.4, 0.5) is 0 Å². The Bertz CT molecular complexity index is 538. The molecule has 0 aliphatic rings. The van der Waals surface area contributed by atoms with E-state index in [0.717, 1.165) is 4.57 Å². The normalized spacial score (nSPS) is 10.6. The van der Waals surface area contributed by atoms with E-state index in [1.165, 1.54) is 0 Å². The molecule has 72 valence electrons. The minimum absolute atomic E-state index is 0.428. The molecule has 0 bridgehead atoms. The third-order valence-electron chi connectivity index (χ3n) is 1.97. The SMILES string of the molecule is O=C([O-])Cn1c(=O)[nH]c2ccccc21. The van der Waals surface area contributed by atoms with Crippen molar-refractivity contribution in [3.8, 4) is 0 Å². The molecule has 0 saturated carbocycles. The van der Waals surface area contributed by atoms with Crippen molar-refractivity contribution in [1.82, 2.24) is 9.55 Å². The number of fused-ring (bicyclic) bond motifs is 1. The molecule has 1 heterocycles. The summed E-state index contributed by atoms with van der Waals surface area (Å²) >= 11 is 0. The molecule has 0 unspecified atom stereocenters. The molecule has 0 saturated heterocycles. The number of H-pyrrole nitrogens is 1. The molecule has 1 aromatic heterocycles. The van der Waals surface area contributed by atoms with Crippen molar-refractivity contribution in [3.63, 3.8) is 0 Å². The molecule has 0 radical (unpaired) electrons. The highest BCUT2D eigenvalue weighted by atomic mass is 16.4. The van der Waals surface area contributed by atoms with Crippen molar-refractivity contribution in [2.24, 2.45) is 0 Å². The topological polar surface area (TPSA) is 77.9 Å². The number of carbonyl (C=O) groups excluding carboxylic acids is 1. The first-order valence-electron chi connectivity index (χ1n) is 4.06. The van der Waals surface area contributed by atoms with Gasteiger partial charge in [-0.25, -0.2) is 4.79 Å². The van der Waals surface area contributed by atoms with Crippen LogP contribution in [0.1, 0.15) is 0 Å². The monoisotopic (exact) mass is 191 g/mol. The maximum absolute atomic E-state index is 11.3. The van der Waals surface area contributed by atoms with Gasteiger partial charge in [-0.2, -0.15) is 0 Å². The zero-order valence-corrected chi connectivity index (χ0v) is 7.19. The molecule has 0 spiro atoms. The molecule has 0 fully saturated rings. The van der Waals surface area contributed by atoms with Crippen molar-refractivity contribution in [3.05, 3.63) is 34.7 Å². The molecule has 2 rings (SSSR count). The summed E-state index contributed by atoms with van der Waals surface area (Å²) < 4.78 is 1.13. The second-order valence-corrected chi connectivity index (χ2v) is 2.91. The summed E-state index contributed by atoms with van der Waals surface area (Å²) in [6.07, 6.45) is 0. The van der Waals surface area contributed by atoms with Gasteiger partial charge in [-0.05, 0) is 12.1 Å². The van der Waals surface area contributed by atoms with Crippen molar-refractivity contribution in [1.29, 1.82) is 0 Å². The molecule has 1 N–H and O–H groups in total. The van der Waals surface area contributed by atoms with Gasteiger partial charge in [0, 0.05) is 0 Å². The van der Waals surface area contributed by atoms with Crippen LogP contribution in [-0.2, 0) is 11.3 Å². The fourth-order valence-corrected chi connectivity index (χ4v) is 1.39. The summed E-state index contributed by atoms with van der Waals surface area (Å²) in [6, 6.07) is 6.89. The predicted octanol–water partition coefficient (Wildman–Crippen LogP) is -0.920. The Labute approximate surface area is 78.6 Å². The van der Waals surface area contributed by atoms with Crippen LogP contribution in [0.3, 0.4) is 0 Å². The van der Waals surface area contributed by atoms with Crippen molar-refractivity contribution < 1.29 is 9.90 Å². The Morgan fingerprint density at radius 2 is 2.14 bits per heavy atom. The van der Waals surface area contributed by atoms with E-state index < -0.39 is 18.2 Å². The lowest BCUT2D eigenvalue weighted by molar-refractivity contribution is -0.306. The number of hydrogen-bond donors (Lipinski definition) is 1. The maximum atomic E-state index is 11.3. The summed E-state index contributed by atoms with van der Waals surface area (Å²) in [5.41, 5.74) is 0.760. The van der Waals surface area contributed by atoms with E-state index in [-0.39, 0.29) is 0 Å². The number of aliphatic carboxylic acids is 1. The zero-order valence-electron chi connectivity index (χ0n) is 7.19. The lowest BCUT2D eigenvalue weighted by Gasteiger charge is -2.02. The van der Waals surface area contributed by atoms with E-state index in [1.807, 2.05) is 0 Å². The third kappa shape index (κ3) is 1.28. The number of nitrogens with zero attached hydrogens (tertiary/aromatic N) is 1. The first-order chi connectivity index (χ1) is 6.68. The fraction of sp³-hybridized carbons (Fsp3) is 0.111. The average Bonchev–Trinajstić information content (AvgIpc) is 2.43. The Morgan fingerprint density at radius 1 is 1.43 bits per heavy atom. The molecule has 14 heavy (non-hydrogen) atoms. The first-order valence-corrected chi connectivity index (χ1v) is 4.06. The molecule has 0 aliphatic heterocycles. The Morgan fingerprint density at radius 3 is 2.86 bits per heavy atom. The number of carboxylic acids is 1. The van der Waals surface area contributed by atoms with Crippen LogP contribution in [0.15, 0.2) is 29.1 Å². The summed E-state index contributed by atoms with van der Waals surface area (Å²) in [5, 5.41) is 10.4. The number of carboxylic acid groups (broad SMARTS) is 1. The van der Waals surface area contributed by atoms with Crippen LogP contribution in [0.2, 0.25) is 0 Å². The standard InChI is InChI=1S/C9H8N2O3/c12-8(13)5-11-7-4-2-1-3-6(7)10-9(11)14/h1-4H,5H2,(H,10,14)(H,12,13)/p-1. The van der Waals surface area contributed by atoms with Gasteiger partial charge >= 0.3 is 5.69 Å². The van der Waals surface area contributed by atoms with E-state index in [1.54, 1.807) is 24.3 Å². The van der Waals surface area contributed by atoms with Crippen molar-refractivity contribution in [2.45, 2.75) is 6.54 Å². The number of aromatic amines is 1. The lowest BCUT2D eigenvalue weighted by Crippen LogP contribution is -2.31. The molecular weight excluding hydrogens is 184 g/mol. The number of carbonyl (C=O) groups is 1. The number of benzene rings is 1. The largest absolute Gasteiger partial charge is 0.548 e. The van der Waals surface area contributed by atoms with Gasteiger partial charge in [-0.3, -0.25) is 4.57 Å². The second-order valence-electron chi connectivity index (χ2n) is 2.91. The molecule has 1 aromatic carbocycles. The van der Waals surface area contributed by atoms with Gasteiger partial charge < -0.3 is 14.9 Å². The van der Waals surface area contributed by atoms with Gasteiger partial charge in [0.25, 0.3) is 0 Å². The fourth-order valence-electron chi connectivity index (χ4n) is 1.39. The van der Waals surface area contributed by atoms with E-state index >= 15 is 0 Å². The zero-order chi connectivity index (χ0) is 10.1. The molecule has 5 nitrogen and oxygen atoms in total. The van der Waals surface area contributed by atoms with E-state index in [0.29, 0.717) is 11.0 Å². The number of nitrogens with one attached hydrogen (secondary N) is 1. The maximum Gasteiger partial charge on any atom is 0.326 e. The summed E-state index contributed by atoms with van der Waals surface area (Å²) in [7, 11) is 0. The summed E-state index contributed by atoms with van der Waals surface area (Å²) in [6.45, 7) is -0.428. The quantitative estimate of drug-likeness (QED) is 0.666. The van der Waals surface area contributed by atoms with E-state index in [9.17, 15) is 14.7 Å². The minimum atomic E-state index is -1.28. The number of para-hydroxylation sites is 2. The molecule has 5 heteroatoms. The first kappa shape index (κ1) is 8.55. The second kappa shape index (κ2) is 3.02. The molecule has 0 amide bonds. The van der Waals surface area contributed by atoms with Gasteiger partial charge in [0.1, 0.15) is 0 Å². The predicted molar refractivity (Wildman–Crippen MR) is 47.6 cm³/mol. The van der Waals surface area contributed by atoms with Gasteiger partial charge in [0.2, 0.25) is 0 Å². The van der Waals surface area contributed by atoms with Crippen LogP contribution < -0.4 is 10.8 Å². The Hall–Kier alpha value is -2.04. The van der Waals surface area contributed by atoms with Crippen molar-refractivity contribution >= 4 is 17.0 Å². The van der Waals surface area contributed by atoms with Gasteiger partial charge in [0.15, 0.2) is 0 Å². The third-order valence-corrected chi connectivity index (χ3v) is 1.97. The summed E-state index contributed by atoms with van der Waals surface area (Å²) in [4.78, 5) is 24.2.